The average molecular weight is 1750 g/mol. The van der Waals surface area contributed by atoms with Gasteiger partial charge in [-0.15, -0.1) is 6.58 Å². The third-order valence-corrected chi connectivity index (χ3v) is 28.5. The molecule has 0 aromatic heterocycles. The normalized spacial score (nSPS) is 11.2. The Balaban J connectivity index is 0.000000166. The number of allylic oxidation sites excluding steroid dienone is 1. The number of anilines is 2. The number of hydrogen-bond acceptors (Lipinski definition) is 4. The Bertz CT molecular complexity index is 4760. The first-order valence-corrected chi connectivity index (χ1v) is 44.7. The van der Waals surface area contributed by atoms with Crippen LogP contribution in [-0.2, 0) is 36.4 Å². The molecular weight excluding hydrogens is 1650 g/mol. The van der Waals surface area contributed by atoms with Gasteiger partial charge >= 0.3 is 12.0 Å². The number of nitrogens with one attached hydrogen (secondary N) is 3. The van der Waals surface area contributed by atoms with E-state index in [2.05, 4.69) is 387 Å². The summed E-state index contributed by atoms with van der Waals surface area (Å²) in [5.74, 6) is -4.17. The maximum absolute atomic E-state index is 14.0. The molecule has 8 nitrogen and oxygen atoms in total. The van der Waals surface area contributed by atoms with Crippen LogP contribution in [0.2, 0.25) is 0 Å². The number of amides is 3. The molecule has 0 aliphatic carbocycles. The molecule has 0 aliphatic rings. The Kier molecular flexibility index (Phi) is 35.3. The number of carboxylic acid groups (broad SMARTS) is 1. The van der Waals surface area contributed by atoms with Crippen LogP contribution >= 0.6 is 31.7 Å². The standard InChI is InChI=1S/C33H37F2N3O5.4C18H15P.Pd/c1-8-9-21-14-18(2)28(19(3)15-21)38-32(42)36-27-17-23(22-11-13-25(34)26(35)16-22)10-12-24(27)30(39)37-29(31(40)41)20(4)43-33(5,6)7;4*1-4-10-16(11-5-1)19(17-12-6-2-7-13-17)18-14-8-3-9-15-18;/h8,10-17,20,29H,1,9H2,2-7H3,(H,37,39)(H,40,41)(H2,36,38,42);4*1-15H;/t20-,29+;;;;;/m1...../s1. The van der Waals surface area contributed by atoms with Crippen molar-refractivity contribution in [3.05, 3.63) is 459 Å². The number of halogens is 2. The minimum absolute atomic E-state index is 0. The Morgan fingerprint density at radius 2 is 0.642 bits per heavy atom. The molecule has 0 saturated heterocycles. The number of ether oxygens (including phenoxy) is 1. The zero-order valence-corrected chi connectivity index (χ0v) is 73.0. The van der Waals surface area contributed by atoms with Gasteiger partial charge in [0.15, 0.2) is 17.7 Å². The molecule has 15 rings (SSSR count). The van der Waals surface area contributed by atoms with Gasteiger partial charge in [-0.2, -0.15) is 0 Å². The quantitative estimate of drug-likeness (QED) is 0.0306. The second-order valence-corrected chi connectivity index (χ2v) is 37.5. The molecule has 3 amide bonds. The van der Waals surface area contributed by atoms with Crippen molar-refractivity contribution in [1.82, 2.24) is 5.32 Å². The van der Waals surface area contributed by atoms with E-state index in [-0.39, 0.29) is 31.7 Å². The molecule has 0 radical (unpaired) electrons. The van der Waals surface area contributed by atoms with E-state index in [1.165, 1.54) is 94.8 Å². The molecule has 0 saturated carbocycles. The van der Waals surface area contributed by atoms with Crippen LogP contribution in [-0.4, -0.2) is 40.8 Å². The smallest absolute Gasteiger partial charge is 0.328 e. The van der Waals surface area contributed by atoms with Crippen LogP contribution in [0.25, 0.3) is 11.1 Å². The minimum atomic E-state index is -1.40. The van der Waals surface area contributed by atoms with Crippen molar-refractivity contribution in [2.75, 3.05) is 10.6 Å². The second-order valence-electron chi connectivity index (χ2n) is 28.7. The summed E-state index contributed by atoms with van der Waals surface area (Å²) < 4.78 is 33.3. The third kappa shape index (κ3) is 26.7. The monoisotopic (exact) mass is 1750 g/mol. The summed E-state index contributed by atoms with van der Waals surface area (Å²) >= 11 is 0. The number of carboxylic acids is 1. The van der Waals surface area contributed by atoms with Crippen molar-refractivity contribution in [2.24, 2.45) is 0 Å². The molecule has 0 aliphatic heterocycles. The Labute approximate surface area is 724 Å². The minimum Gasteiger partial charge on any atom is -0.480 e. The van der Waals surface area contributed by atoms with Crippen LogP contribution in [0, 0.1) is 25.5 Å². The van der Waals surface area contributed by atoms with Crippen molar-refractivity contribution in [2.45, 2.75) is 65.7 Å². The summed E-state index contributed by atoms with van der Waals surface area (Å²) in [4.78, 5) is 38.7. The van der Waals surface area contributed by atoms with Crippen molar-refractivity contribution < 1.29 is 53.4 Å². The van der Waals surface area contributed by atoms with E-state index >= 15 is 0 Å². The Morgan fingerprint density at radius 1 is 0.383 bits per heavy atom. The maximum Gasteiger partial charge on any atom is 0.328 e. The van der Waals surface area contributed by atoms with E-state index in [0.29, 0.717) is 23.2 Å². The second kappa shape index (κ2) is 46.7. The first-order chi connectivity index (χ1) is 57.9. The van der Waals surface area contributed by atoms with Gasteiger partial charge in [-0.05, 0) is 195 Å². The molecule has 4 N–H and O–H groups in total. The number of carbonyl (C=O) groups excluding carboxylic acids is 2. The molecule has 606 valence electrons. The van der Waals surface area contributed by atoms with E-state index in [1.54, 1.807) is 26.8 Å². The fourth-order valence-electron chi connectivity index (χ4n) is 13.4. The number of rotatable bonds is 22. The predicted molar refractivity (Wildman–Crippen MR) is 504 cm³/mol. The van der Waals surface area contributed by atoms with E-state index in [0.717, 1.165) is 28.8 Å². The number of aryl methyl sites for hydroxylation is 2. The zero-order chi connectivity index (χ0) is 83.7. The fourth-order valence-corrected chi connectivity index (χ4v) is 22.7. The van der Waals surface area contributed by atoms with Gasteiger partial charge < -0.3 is 25.8 Å². The van der Waals surface area contributed by atoms with Crippen LogP contribution in [0.4, 0.5) is 25.0 Å². The fraction of sp³-hybridized carbons (Fsp3) is 0.0952. The van der Waals surface area contributed by atoms with E-state index in [9.17, 15) is 28.3 Å². The number of carbonyl (C=O) groups is 3. The molecule has 0 bridgehead atoms. The number of hydrogen-bond donors (Lipinski definition) is 4. The zero-order valence-electron chi connectivity index (χ0n) is 67.8. The van der Waals surface area contributed by atoms with Gasteiger partial charge in [-0.25, -0.2) is 18.4 Å². The van der Waals surface area contributed by atoms with Crippen molar-refractivity contribution in [1.29, 1.82) is 0 Å². The van der Waals surface area contributed by atoms with Crippen LogP contribution in [0.1, 0.15) is 54.7 Å². The van der Waals surface area contributed by atoms with Gasteiger partial charge in [0, 0.05) is 26.1 Å². The number of aliphatic carboxylic acids is 1. The van der Waals surface area contributed by atoms with E-state index < -0.39 is 79.0 Å². The Morgan fingerprint density at radius 3 is 0.883 bits per heavy atom. The molecule has 120 heavy (non-hydrogen) atoms. The van der Waals surface area contributed by atoms with Gasteiger partial charge in [-0.1, -0.05) is 394 Å². The molecular formula is C105H97F2N3O5P4Pd. The van der Waals surface area contributed by atoms with Crippen molar-refractivity contribution in [3.8, 4) is 11.1 Å². The van der Waals surface area contributed by atoms with E-state index in [4.69, 9.17) is 4.74 Å². The number of urea groups is 1. The van der Waals surface area contributed by atoms with Gasteiger partial charge in [0.25, 0.3) is 5.91 Å². The van der Waals surface area contributed by atoms with E-state index in [1.807, 2.05) is 26.0 Å². The largest absolute Gasteiger partial charge is 0.480 e. The molecule has 15 aromatic carbocycles. The first kappa shape index (κ1) is 90.8. The molecule has 2 atom stereocenters. The van der Waals surface area contributed by atoms with Crippen LogP contribution in [0.3, 0.4) is 0 Å². The van der Waals surface area contributed by atoms with Crippen LogP contribution < -0.4 is 79.6 Å². The summed E-state index contributed by atoms with van der Waals surface area (Å²) in [5.41, 5.74) is 3.22. The van der Waals surface area contributed by atoms with Crippen molar-refractivity contribution in [3.63, 3.8) is 0 Å². The maximum atomic E-state index is 14.0. The Hall–Kier alpha value is -11.5. The van der Waals surface area contributed by atoms with Gasteiger partial charge in [0.1, 0.15) is 0 Å². The molecule has 0 spiro atoms. The summed E-state index contributed by atoms with van der Waals surface area (Å²) in [6.45, 7) is 14.3. The summed E-state index contributed by atoms with van der Waals surface area (Å²) in [5, 5.41) is 34.5. The molecule has 15 heteroatoms. The summed E-state index contributed by atoms with van der Waals surface area (Å²) in [6.07, 6.45) is 1.56. The molecule has 15 aromatic rings. The van der Waals surface area contributed by atoms with Gasteiger partial charge in [0.05, 0.1) is 23.0 Å². The average Bonchev–Trinajstić information content (AvgIpc) is 0.620. The molecule has 0 fully saturated rings. The topological polar surface area (TPSA) is 117 Å². The molecule has 0 unspecified atom stereocenters. The van der Waals surface area contributed by atoms with Crippen LogP contribution in [0.15, 0.2) is 425 Å². The third-order valence-electron chi connectivity index (χ3n) is 18.7. The number of benzene rings is 15. The molecule has 0 heterocycles. The SMILES string of the molecule is C=CCc1cc(C)c(NC(=O)Nc2cc(-c3ccc(F)c(F)c3)ccc2C(=O)N[C@H](C(=O)O)[C@@H](C)OC(C)(C)C)c(C)c1.[Pd].c1ccc(P(c2ccccc2)c2ccccc2)cc1.c1ccc(P(c2ccccc2)c2ccccc2)cc1.c1ccc(P(c2ccccc2)c2ccccc2)cc1.c1ccc(P(c2ccccc2)c2ccccc2)cc1. The van der Waals surface area contributed by atoms with Crippen LogP contribution in [0.5, 0.6) is 0 Å². The van der Waals surface area contributed by atoms with Gasteiger partial charge in [0.2, 0.25) is 0 Å². The van der Waals surface area contributed by atoms with Gasteiger partial charge in [-0.3, -0.25) is 4.79 Å². The predicted octanol–water partition coefficient (Wildman–Crippen LogP) is 20.8. The summed E-state index contributed by atoms with van der Waals surface area (Å²) in [7, 11) is -1.78. The first-order valence-electron chi connectivity index (χ1n) is 39.3. The van der Waals surface area contributed by atoms with Crippen molar-refractivity contribution >= 4 is 125 Å². The summed E-state index contributed by atoms with van der Waals surface area (Å²) in [6, 6.07) is 139.